The quantitative estimate of drug-likeness (QED) is 0.653. The number of hydrogen-bond acceptors (Lipinski definition) is 6. The van der Waals surface area contributed by atoms with E-state index in [-0.39, 0.29) is 6.03 Å². The summed E-state index contributed by atoms with van der Waals surface area (Å²) >= 11 is 0. The maximum atomic E-state index is 13.2. The van der Waals surface area contributed by atoms with E-state index in [1.807, 2.05) is 28.0 Å². The number of hydrogen-bond donors (Lipinski definition) is 0. The maximum absolute atomic E-state index is 13.2. The Bertz CT molecular complexity index is 645. The van der Waals surface area contributed by atoms with Gasteiger partial charge in [0.05, 0.1) is 40.6 Å². The Balaban J connectivity index is 1.65. The zero-order valence-corrected chi connectivity index (χ0v) is 17.6. The van der Waals surface area contributed by atoms with Crippen LogP contribution in [0.1, 0.15) is 12.0 Å². The molecule has 0 aromatic heterocycles. The molecule has 8 heteroatoms. The summed E-state index contributed by atoms with van der Waals surface area (Å²) in [5, 5.41) is 0. The fraction of sp³-hybridized carbons (Fsp3) is 0.667. The topological polar surface area (TPSA) is 63.7 Å². The maximum Gasteiger partial charge on any atom is 0.320 e. The number of morpholine rings is 2. The van der Waals surface area contributed by atoms with Gasteiger partial charge in [0.15, 0.2) is 11.5 Å². The van der Waals surface area contributed by atoms with E-state index >= 15 is 0 Å². The van der Waals surface area contributed by atoms with Crippen molar-refractivity contribution >= 4 is 6.03 Å². The number of benzene rings is 1. The lowest BCUT2D eigenvalue weighted by Gasteiger charge is -2.34. The van der Waals surface area contributed by atoms with Crippen LogP contribution in [-0.4, -0.2) is 101 Å². The molecule has 29 heavy (non-hydrogen) atoms. The number of nitrogens with zero attached hydrogens (tertiary/aromatic N) is 3. The van der Waals surface area contributed by atoms with Gasteiger partial charge in [0.2, 0.25) is 0 Å². The summed E-state index contributed by atoms with van der Waals surface area (Å²) < 4.78 is 21.6. The molecule has 2 fully saturated rings. The third kappa shape index (κ3) is 6.22. The van der Waals surface area contributed by atoms with Gasteiger partial charge in [-0.3, -0.25) is 4.90 Å². The summed E-state index contributed by atoms with van der Waals surface area (Å²) in [7, 11) is 3.25. The molecule has 2 amide bonds. The minimum absolute atomic E-state index is 0.0741. The minimum Gasteiger partial charge on any atom is -0.493 e. The third-order valence-electron chi connectivity index (χ3n) is 5.38. The van der Waals surface area contributed by atoms with Gasteiger partial charge in [-0.2, -0.15) is 0 Å². The smallest absolute Gasteiger partial charge is 0.320 e. The summed E-state index contributed by atoms with van der Waals surface area (Å²) in [6.07, 6.45) is 0.934. The molecule has 0 spiro atoms. The van der Waals surface area contributed by atoms with Gasteiger partial charge in [-0.05, 0) is 24.1 Å². The molecular weight excluding hydrogens is 374 g/mol. The number of carbonyl (C=O) groups excluding carboxylic acids is 1. The molecule has 0 atom stereocenters. The molecule has 1 aromatic carbocycles. The van der Waals surface area contributed by atoms with Crippen molar-refractivity contribution in [1.82, 2.24) is 14.7 Å². The highest BCUT2D eigenvalue weighted by Crippen LogP contribution is 2.28. The van der Waals surface area contributed by atoms with Crippen LogP contribution in [0.2, 0.25) is 0 Å². The van der Waals surface area contributed by atoms with Crippen LogP contribution in [0.4, 0.5) is 4.79 Å². The number of rotatable bonds is 8. The van der Waals surface area contributed by atoms with E-state index in [0.717, 1.165) is 44.8 Å². The predicted molar refractivity (Wildman–Crippen MR) is 110 cm³/mol. The fourth-order valence-corrected chi connectivity index (χ4v) is 3.71. The molecule has 2 saturated heterocycles. The van der Waals surface area contributed by atoms with E-state index in [2.05, 4.69) is 4.90 Å². The van der Waals surface area contributed by atoms with E-state index < -0.39 is 0 Å². The monoisotopic (exact) mass is 407 g/mol. The second-order valence-corrected chi connectivity index (χ2v) is 7.30. The van der Waals surface area contributed by atoms with Gasteiger partial charge in [0.1, 0.15) is 0 Å². The highest BCUT2D eigenvalue weighted by molar-refractivity contribution is 5.74. The molecule has 3 rings (SSSR count). The SMILES string of the molecule is COc1ccc(CN(CCCN2CCOCC2)C(=O)N2CCOCC2)cc1OC. The Labute approximate surface area is 173 Å². The van der Waals surface area contributed by atoms with E-state index in [0.29, 0.717) is 50.9 Å². The van der Waals surface area contributed by atoms with Crippen LogP contribution in [0.5, 0.6) is 11.5 Å². The summed E-state index contributed by atoms with van der Waals surface area (Å²) in [4.78, 5) is 19.4. The first-order valence-corrected chi connectivity index (χ1v) is 10.3. The van der Waals surface area contributed by atoms with Crippen LogP contribution in [0.15, 0.2) is 18.2 Å². The van der Waals surface area contributed by atoms with Crippen molar-refractivity contribution in [3.63, 3.8) is 0 Å². The lowest BCUT2D eigenvalue weighted by molar-refractivity contribution is 0.0334. The highest BCUT2D eigenvalue weighted by Gasteiger charge is 2.23. The molecule has 0 bridgehead atoms. The Kier molecular flexibility index (Phi) is 8.39. The minimum atomic E-state index is 0.0741. The normalized spacial score (nSPS) is 17.8. The Morgan fingerprint density at radius 3 is 2.31 bits per heavy atom. The Morgan fingerprint density at radius 2 is 1.66 bits per heavy atom. The van der Waals surface area contributed by atoms with Crippen molar-refractivity contribution < 1.29 is 23.7 Å². The van der Waals surface area contributed by atoms with E-state index in [1.165, 1.54) is 0 Å². The Morgan fingerprint density at radius 1 is 1.00 bits per heavy atom. The van der Waals surface area contributed by atoms with Gasteiger partial charge in [0.25, 0.3) is 0 Å². The fourth-order valence-electron chi connectivity index (χ4n) is 3.71. The zero-order chi connectivity index (χ0) is 20.5. The van der Waals surface area contributed by atoms with Gasteiger partial charge in [-0.15, -0.1) is 0 Å². The van der Waals surface area contributed by atoms with Crippen LogP contribution < -0.4 is 9.47 Å². The van der Waals surface area contributed by atoms with Crippen LogP contribution in [-0.2, 0) is 16.0 Å². The van der Waals surface area contributed by atoms with Crippen LogP contribution in [0.3, 0.4) is 0 Å². The first-order chi connectivity index (χ1) is 14.2. The molecule has 162 valence electrons. The van der Waals surface area contributed by atoms with Crippen LogP contribution in [0.25, 0.3) is 0 Å². The highest BCUT2D eigenvalue weighted by atomic mass is 16.5. The molecule has 0 radical (unpaired) electrons. The molecule has 0 aliphatic carbocycles. The van der Waals surface area contributed by atoms with Crippen molar-refractivity contribution in [2.45, 2.75) is 13.0 Å². The second-order valence-electron chi connectivity index (χ2n) is 7.30. The average molecular weight is 408 g/mol. The number of carbonyl (C=O) groups is 1. The summed E-state index contributed by atoms with van der Waals surface area (Å²) in [5.41, 5.74) is 1.02. The van der Waals surface area contributed by atoms with Crippen molar-refractivity contribution in [1.29, 1.82) is 0 Å². The molecule has 0 unspecified atom stereocenters. The van der Waals surface area contributed by atoms with Gasteiger partial charge in [-0.25, -0.2) is 4.79 Å². The number of urea groups is 1. The lowest BCUT2D eigenvalue weighted by Crippen LogP contribution is -2.48. The largest absolute Gasteiger partial charge is 0.493 e. The summed E-state index contributed by atoms with van der Waals surface area (Å²) in [6.45, 7) is 8.23. The lowest BCUT2D eigenvalue weighted by atomic mass is 10.2. The number of ether oxygens (including phenoxy) is 4. The molecular formula is C21H33N3O5. The third-order valence-corrected chi connectivity index (χ3v) is 5.38. The van der Waals surface area contributed by atoms with E-state index in [4.69, 9.17) is 18.9 Å². The number of amides is 2. The van der Waals surface area contributed by atoms with Crippen molar-refractivity contribution in [2.24, 2.45) is 0 Å². The van der Waals surface area contributed by atoms with Crippen molar-refractivity contribution in [2.75, 3.05) is 79.9 Å². The van der Waals surface area contributed by atoms with Crippen molar-refractivity contribution in [3.8, 4) is 11.5 Å². The van der Waals surface area contributed by atoms with E-state index in [9.17, 15) is 4.79 Å². The Hall–Kier alpha value is -2.03. The van der Waals surface area contributed by atoms with Crippen LogP contribution >= 0.6 is 0 Å². The predicted octanol–water partition coefficient (Wildman–Crippen LogP) is 1.68. The first-order valence-electron chi connectivity index (χ1n) is 10.3. The zero-order valence-electron chi connectivity index (χ0n) is 17.6. The van der Waals surface area contributed by atoms with Crippen LogP contribution in [0, 0.1) is 0 Å². The summed E-state index contributed by atoms with van der Waals surface area (Å²) in [6, 6.07) is 5.90. The number of methoxy groups -OCH3 is 2. The van der Waals surface area contributed by atoms with Crippen molar-refractivity contribution in [3.05, 3.63) is 23.8 Å². The summed E-state index contributed by atoms with van der Waals surface area (Å²) in [5.74, 6) is 1.37. The molecule has 8 nitrogen and oxygen atoms in total. The van der Waals surface area contributed by atoms with E-state index in [1.54, 1.807) is 14.2 Å². The first kappa shape index (κ1) is 21.7. The molecule has 0 N–H and O–H groups in total. The second kappa shape index (κ2) is 11.2. The van der Waals surface area contributed by atoms with Gasteiger partial charge in [0, 0.05) is 45.8 Å². The van der Waals surface area contributed by atoms with Gasteiger partial charge >= 0.3 is 6.03 Å². The molecule has 1 aromatic rings. The van der Waals surface area contributed by atoms with Gasteiger partial charge < -0.3 is 28.7 Å². The average Bonchev–Trinajstić information content (AvgIpc) is 2.79. The molecule has 2 aliphatic heterocycles. The molecule has 2 heterocycles. The van der Waals surface area contributed by atoms with Gasteiger partial charge in [-0.1, -0.05) is 6.07 Å². The standard InChI is InChI=1S/C21H33N3O5/c1-26-19-5-4-18(16-20(19)27-2)17-24(21(25)23-10-14-29-15-11-23)7-3-6-22-8-12-28-13-9-22/h4-5,16H,3,6-15,17H2,1-2H3. The molecule has 2 aliphatic rings. The molecule has 0 saturated carbocycles.